The van der Waals surface area contributed by atoms with Crippen LogP contribution in [-0.4, -0.2) is 22.3 Å². The molecule has 2 aromatic carbocycles. The number of hydrogen-bond donors (Lipinski definition) is 1. The SMILES string of the molecule is O=C(Cc1cccc(F)c1)Nc1nc2c(s1)CN(Cc1ccccc1)CC2. The van der Waals surface area contributed by atoms with Crippen LogP contribution >= 0.6 is 11.3 Å². The molecule has 138 valence electrons. The van der Waals surface area contributed by atoms with Crippen molar-refractivity contribution in [2.24, 2.45) is 0 Å². The number of rotatable bonds is 5. The summed E-state index contributed by atoms with van der Waals surface area (Å²) in [4.78, 5) is 20.4. The van der Waals surface area contributed by atoms with Crippen molar-refractivity contribution in [3.8, 4) is 0 Å². The molecule has 0 atom stereocenters. The van der Waals surface area contributed by atoms with Gasteiger partial charge in [-0.25, -0.2) is 9.37 Å². The Kier molecular flexibility index (Phi) is 5.27. The zero-order chi connectivity index (χ0) is 18.6. The van der Waals surface area contributed by atoms with Gasteiger partial charge in [0.15, 0.2) is 5.13 Å². The number of fused-ring (bicyclic) bond motifs is 1. The van der Waals surface area contributed by atoms with Gasteiger partial charge in [0.05, 0.1) is 12.1 Å². The van der Waals surface area contributed by atoms with Gasteiger partial charge in [0.25, 0.3) is 0 Å². The standard InChI is InChI=1S/C21H20FN3OS/c22-17-8-4-7-16(11-17)12-20(26)24-21-23-18-9-10-25(14-19(18)27-21)13-15-5-2-1-3-6-15/h1-8,11H,9-10,12-14H2,(H,23,24,26). The van der Waals surface area contributed by atoms with E-state index in [-0.39, 0.29) is 18.1 Å². The average molecular weight is 381 g/mol. The number of amides is 1. The molecule has 1 aromatic heterocycles. The van der Waals surface area contributed by atoms with Crippen molar-refractivity contribution in [3.63, 3.8) is 0 Å². The Morgan fingerprint density at radius 1 is 1.15 bits per heavy atom. The Balaban J connectivity index is 1.37. The Hall–Kier alpha value is -2.57. The predicted molar refractivity (Wildman–Crippen MR) is 105 cm³/mol. The van der Waals surface area contributed by atoms with Gasteiger partial charge in [-0.2, -0.15) is 0 Å². The second-order valence-electron chi connectivity index (χ2n) is 6.69. The van der Waals surface area contributed by atoms with Crippen molar-refractivity contribution in [1.29, 1.82) is 0 Å². The van der Waals surface area contributed by atoms with Crippen LogP contribution in [0.4, 0.5) is 9.52 Å². The molecule has 6 heteroatoms. The van der Waals surface area contributed by atoms with E-state index in [4.69, 9.17) is 0 Å². The van der Waals surface area contributed by atoms with Crippen LogP contribution in [0.25, 0.3) is 0 Å². The molecule has 0 spiro atoms. The summed E-state index contributed by atoms with van der Waals surface area (Å²) in [5, 5.41) is 3.49. The van der Waals surface area contributed by atoms with E-state index in [0.29, 0.717) is 10.7 Å². The number of nitrogens with one attached hydrogen (secondary N) is 1. The lowest BCUT2D eigenvalue weighted by Gasteiger charge is -2.25. The fraction of sp³-hybridized carbons (Fsp3) is 0.238. The van der Waals surface area contributed by atoms with E-state index in [9.17, 15) is 9.18 Å². The summed E-state index contributed by atoms with van der Waals surface area (Å²) < 4.78 is 13.2. The maximum atomic E-state index is 13.2. The van der Waals surface area contributed by atoms with E-state index in [0.717, 1.165) is 31.7 Å². The van der Waals surface area contributed by atoms with Gasteiger partial charge in [-0.15, -0.1) is 11.3 Å². The zero-order valence-electron chi connectivity index (χ0n) is 14.8. The maximum Gasteiger partial charge on any atom is 0.230 e. The maximum absolute atomic E-state index is 13.2. The largest absolute Gasteiger partial charge is 0.302 e. The molecule has 2 heterocycles. The molecule has 0 radical (unpaired) electrons. The lowest BCUT2D eigenvalue weighted by molar-refractivity contribution is -0.115. The van der Waals surface area contributed by atoms with Gasteiger partial charge in [-0.1, -0.05) is 42.5 Å². The van der Waals surface area contributed by atoms with Gasteiger partial charge in [-0.05, 0) is 23.3 Å². The van der Waals surface area contributed by atoms with E-state index in [1.54, 1.807) is 12.1 Å². The monoisotopic (exact) mass is 381 g/mol. The molecule has 4 nitrogen and oxygen atoms in total. The summed E-state index contributed by atoms with van der Waals surface area (Å²) in [6.45, 7) is 2.73. The molecule has 3 aromatic rings. The van der Waals surface area contributed by atoms with Gasteiger partial charge >= 0.3 is 0 Å². The van der Waals surface area contributed by atoms with Gasteiger partial charge < -0.3 is 5.32 Å². The molecule has 0 unspecified atom stereocenters. The van der Waals surface area contributed by atoms with Gasteiger partial charge in [0.1, 0.15) is 5.82 Å². The van der Waals surface area contributed by atoms with E-state index < -0.39 is 0 Å². The highest BCUT2D eigenvalue weighted by atomic mass is 32.1. The van der Waals surface area contributed by atoms with Crippen molar-refractivity contribution in [3.05, 3.63) is 82.1 Å². The Bertz CT molecular complexity index is 942. The first-order valence-electron chi connectivity index (χ1n) is 8.95. The fourth-order valence-corrected chi connectivity index (χ4v) is 4.34. The Morgan fingerprint density at radius 3 is 2.78 bits per heavy atom. The van der Waals surface area contributed by atoms with Crippen molar-refractivity contribution in [1.82, 2.24) is 9.88 Å². The first-order chi connectivity index (χ1) is 13.2. The number of thiazole rings is 1. The average Bonchev–Trinajstić information content (AvgIpc) is 3.04. The first-order valence-corrected chi connectivity index (χ1v) is 9.76. The smallest absolute Gasteiger partial charge is 0.230 e. The molecule has 27 heavy (non-hydrogen) atoms. The molecule has 1 aliphatic rings. The highest BCUT2D eigenvalue weighted by Crippen LogP contribution is 2.29. The molecule has 0 fully saturated rings. The second kappa shape index (κ2) is 7.98. The fourth-order valence-electron chi connectivity index (χ4n) is 3.27. The van der Waals surface area contributed by atoms with Crippen LogP contribution in [0.2, 0.25) is 0 Å². The summed E-state index contributed by atoms with van der Waals surface area (Å²) in [7, 11) is 0. The molecule has 1 N–H and O–H groups in total. The summed E-state index contributed by atoms with van der Waals surface area (Å²) in [6, 6.07) is 16.5. The number of carbonyl (C=O) groups is 1. The van der Waals surface area contributed by atoms with Crippen molar-refractivity contribution < 1.29 is 9.18 Å². The highest BCUT2D eigenvalue weighted by Gasteiger charge is 2.21. The van der Waals surface area contributed by atoms with Crippen LogP contribution in [0, 0.1) is 5.82 Å². The minimum absolute atomic E-state index is 0.141. The molecule has 0 saturated heterocycles. The van der Waals surface area contributed by atoms with Crippen LogP contribution in [0.15, 0.2) is 54.6 Å². The van der Waals surface area contributed by atoms with E-state index in [2.05, 4.69) is 39.5 Å². The number of nitrogens with zero attached hydrogens (tertiary/aromatic N) is 2. The van der Waals surface area contributed by atoms with Crippen LogP contribution in [0.1, 0.15) is 21.7 Å². The topological polar surface area (TPSA) is 45.2 Å². The molecular formula is C21H20FN3OS. The molecule has 1 aliphatic heterocycles. The number of carbonyl (C=O) groups excluding carboxylic acids is 1. The Labute approximate surface area is 161 Å². The normalized spacial score (nSPS) is 14.0. The summed E-state index contributed by atoms with van der Waals surface area (Å²) in [5.41, 5.74) is 3.03. The van der Waals surface area contributed by atoms with Crippen LogP contribution in [-0.2, 0) is 30.7 Å². The van der Waals surface area contributed by atoms with Crippen molar-refractivity contribution >= 4 is 22.4 Å². The van der Waals surface area contributed by atoms with E-state index >= 15 is 0 Å². The molecule has 4 rings (SSSR count). The molecule has 0 bridgehead atoms. The number of anilines is 1. The van der Waals surface area contributed by atoms with E-state index in [1.165, 1.54) is 33.9 Å². The number of halogens is 1. The lowest BCUT2D eigenvalue weighted by atomic mass is 10.1. The van der Waals surface area contributed by atoms with Crippen LogP contribution in [0.3, 0.4) is 0 Å². The lowest BCUT2D eigenvalue weighted by Crippen LogP contribution is -2.29. The predicted octanol–water partition coefficient (Wildman–Crippen LogP) is 4.02. The minimum atomic E-state index is -0.330. The van der Waals surface area contributed by atoms with Crippen molar-refractivity contribution in [2.75, 3.05) is 11.9 Å². The quantitative estimate of drug-likeness (QED) is 0.726. The number of hydrogen-bond acceptors (Lipinski definition) is 4. The number of benzene rings is 2. The van der Waals surface area contributed by atoms with Crippen LogP contribution in [0.5, 0.6) is 0 Å². The molecule has 0 aliphatic carbocycles. The second-order valence-corrected chi connectivity index (χ2v) is 7.77. The van der Waals surface area contributed by atoms with E-state index in [1.807, 2.05) is 6.07 Å². The third-order valence-electron chi connectivity index (χ3n) is 4.56. The third kappa shape index (κ3) is 4.59. The Morgan fingerprint density at radius 2 is 1.96 bits per heavy atom. The summed E-state index contributed by atoms with van der Waals surface area (Å²) in [6.07, 6.45) is 1.03. The van der Waals surface area contributed by atoms with Gasteiger partial charge in [-0.3, -0.25) is 9.69 Å². The van der Waals surface area contributed by atoms with Crippen molar-refractivity contribution in [2.45, 2.75) is 25.9 Å². The molecule has 0 saturated carbocycles. The number of aromatic nitrogens is 1. The third-order valence-corrected chi connectivity index (χ3v) is 5.56. The van der Waals surface area contributed by atoms with Gasteiger partial charge in [0, 0.05) is 30.9 Å². The molecule has 1 amide bonds. The summed E-state index contributed by atoms with van der Waals surface area (Å²) >= 11 is 1.53. The zero-order valence-corrected chi connectivity index (χ0v) is 15.6. The first kappa shape index (κ1) is 17.8. The minimum Gasteiger partial charge on any atom is -0.302 e. The highest BCUT2D eigenvalue weighted by molar-refractivity contribution is 7.15. The van der Waals surface area contributed by atoms with Gasteiger partial charge in [0.2, 0.25) is 5.91 Å². The molecular weight excluding hydrogens is 361 g/mol. The summed E-state index contributed by atoms with van der Waals surface area (Å²) in [5.74, 6) is -0.503. The van der Waals surface area contributed by atoms with Crippen LogP contribution < -0.4 is 5.32 Å².